The first-order valence-electron chi connectivity index (χ1n) is 7.34. The van der Waals surface area contributed by atoms with E-state index in [0.29, 0.717) is 13.0 Å². The van der Waals surface area contributed by atoms with Crippen molar-refractivity contribution in [2.75, 3.05) is 6.54 Å². The fourth-order valence-electron chi connectivity index (χ4n) is 2.02. The van der Waals surface area contributed by atoms with Crippen LogP contribution in [-0.2, 0) is 16.0 Å². The Balaban J connectivity index is 2.55. The summed E-state index contributed by atoms with van der Waals surface area (Å²) >= 11 is 2.05. The molecule has 3 atom stereocenters. The number of carboxylic acid groups (broad SMARTS) is 1. The lowest BCUT2D eigenvalue weighted by Gasteiger charge is -2.20. The summed E-state index contributed by atoms with van der Waals surface area (Å²) in [5, 5.41) is 21.5. The Bertz CT molecular complexity index is 569. The largest absolute Gasteiger partial charge is 0.480 e. The second-order valence-electron chi connectivity index (χ2n) is 5.32. The van der Waals surface area contributed by atoms with Crippen LogP contribution in [0, 0.1) is 5.41 Å². The number of carboxylic acids is 1. The van der Waals surface area contributed by atoms with Gasteiger partial charge in [0.2, 0.25) is 5.91 Å². The Labute approximate surface area is 154 Å². The van der Waals surface area contributed by atoms with Crippen LogP contribution in [0.3, 0.4) is 0 Å². The van der Waals surface area contributed by atoms with Gasteiger partial charge in [-0.15, -0.1) is 0 Å². The number of alkyl halides is 1. The van der Waals surface area contributed by atoms with Gasteiger partial charge in [-0.05, 0) is 18.4 Å². The van der Waals surface area contributed by atoms with Crippen LogP contribution in [0.2, 0.25) is 0 Å². The summed E-state index contributed by atoms with van der Waals surface area (Å²) in [7, 11) is 0. The predicted octanol–water partition coefficient (Wildman–Crippen LogP) is -0.197. The molecule has 0 heterocycles. The van der Waals surface area contributed by atoms with Crippen LogP contribution in [0.15, 0.2) is 30.3 Å². The van der Waals surface area contributed by atoms with E-state index < -0.39 is 24.0 Å². The molecule has 0 aliphatic rings. The number of rotatable bonds is 9. The number of nitrogens with two attached hydrogens (primary N) is 2. The minimum absolute atomic E-state index is 0.127. The third-order valence-corrected chi connectivity index (χ3v) is 4.20. The number of hydrogen-bond donors (Lipinski definition) is 6. The summed E-state index contributed by atoms with van der Waals surface area (Å²) in [5.41, 5.74) is 12.0. The molecule has 0 aliphatic carbocycles. The number of amides is 1. The van der Waals surface area contributed by atoms with E-state index in [2.05, 4.69) is 10.6 Å². The summed E-state index contributed by atoms with van der Waals surface area (Å²) < 4.78 is -0.127. The number of hydrogen-bond acceptors (Lipinski definition) is 4. The minimum Gasteiger partial charge on any atom is -0.480 e. The lowest BCUT2D eigenvalue weighted by Crippen LogP contribution is -2.50. The van der Waals surface area contributed by atoms with Gasteiger partial charge in [0.05, 0.1) is 6.04 Å². The molecule has 1 aromatic rings. The number of benzene rings is 1. The van der Waals surface area contributed by atoms with Crippen LogP contribution in [-0.4, -0.2) is 45.5 Å². The first-order valence-corrected chi connectivity index (χ1v) is 8.58. The van der Waals surface area contributed by atoms with E-state index in [9.17, 15) is 14.7 Å². The van der Waals surface area contributed by atoms with Gasteiger partial charge in [-0.25, -0.2) is 4.79 Å². The second kappa shape index (κ2) is 10.1. The van der Waals surface area contributed by atoms with Crippen molar-refractivity contribution in [2.45, 2.75) is 28.8 Å². The quantitative estimate of drug-likeness (QED) is 0.133. The highest BCUT2D eigenvalue weighted by Gasteiger charge is 2.25. The van der Waals surface area contributed by atoms with Crippen molar-refractivity contribution in [3.8, 4) is 0 Å². The average molecular weight is 447 g/mol. The topological polar surface area (TPSA) is 154 Å². The van der Waals surface area contributed by atoms with Gasteiger partial charge in [0.15, 0.2) is 5.96 Å². The maximum absolute atomic E-state index is 12.1. The fraction of sp³-hybridized carbons (Fsp3) is 0.400. The van der Waals surface area contributed by atoms with Crippen LogP contribution in [0.25, 0.3) is 0 Å². The first-order chi connectivity index (χ1) is 11.3. The first kappa shape index (κ1) is 20.2. The maximum atomic E-state index is 12.1. The molecule has 24 heavy (non-hydrogen) atoms. The van der Waals surface area contributed by atoms with Gasteiger partial charge in [0, 0.05) is 10.5 Å². The van der Waals surface area contributed by atoms with Gasteiger partial charge >= 0.3 is 5.97 Å². The molecule has 0 radical (unpaired) electrons. The van der Waals surface area contributed by atoms with E-state index in [4.69, 9.17) is 16.9 Å². The molecule has 0 saturated carbocycles. The summed E-state index contributed by atoms with van der Waals surface area (Å²) in [4.78, 5) is 23.5. The van der Waals surface area contributed by atoms with Gasteiger partial charge in [-0.2, -0.15) is 0 Å². The SMILES string of the molecule is N=C(N)NCC(I)C[C@H](NC(=O)[C@@H](N)Cc1ccccc1)C(=O)O. The molecule has 0 bridgehead atoms. The van der Waals surface area contributed by atoms with E-state index in [1.165, 1.54) is 0 Å². The van der Waals surface area contributed by atoms with Gasteiger partial charge < -0.3 is 27.2 Å². The highest BCUT2D eigenvalue weighted by atomic mass is 127. The molecule has 0 fully saturated rings. The Morgan fingerprint density at radius 1 is 1.29 bits per heavy atom. The predicted molar refractivity (Wildman–Crippen MR) is 100 cm³/mol. The molecule has 0 aliphatic heterocycles. The van der Waals surface area contributed by atoms with Gasteiger partial charge in [-0.3, -0.25) is 10.2 Å². The van der Waals surface area contributed by atoms with E-state index in [0.717, 1.165) is 5.56 Å². The molecule has 1 rings (SSSR count). The molecule has 9 heteroatoms. The summed E-state index contributed by atoms with van der Waals surface area (Å²) in [5.74, 6) is -1.81. The van der Waals surface area contributed by atoms with Gasteiger partial charge in [-0.1, -0.05) is 52.9 Å². The van der Waals surface area contributed by atoms with E-state index in [1.54, 1.807) is 0 Å². The number of carbonyl (C=O) groups is 2. The van der Waals surface area contributed by atoms with Crippen molar-refractivity contribution < 1.29 is 14.7 Å². The van der Waals surface area contributed by atoms with Crippen LogP contribution >= 0.6 is 22.6 Å². The van der Waals surface area contributed by atoms with Crippen molar-refractivity contribution in [2.24, 2.45) is 11.5 Å². The molecule has 0 spiro atoms. The number of aliphatic carboxylic acids is 1. The molecule has 8 N–H and O–H groups in total. The Morgan fingerprint density at radius 2 is 1.92 bits per heavy atom. The second-order valence-corrected chi connectivity index (χ2v) is 7.08. The minimum atomic E-state index is -1.13. The number of carbonyl (C=O) groups excluding carboxylic acids is 1. The highest BCUT2D eigenvalue weighted by Crippen LogP contribution is 2.09. The van der Waals surface area contributed by atoms with Crippen molar-refractivity contribution in [3.05, 3.63) is 35.9 Å². The standard InChI is InChI=1S/C15H22IN5O3/c16-10(8-20-15(18)19)7-12(14(23)24)21-13(22)11(17)6-9-4-2-1-3-5-9/h1-5,10-12H,6-8,17H2,(H,21,22)(H,23,24)(H4,18,19,20)/t10?,11-,12-/m0/s1. The maximum Gasteiger partial charge on any atom is 0.326 e. The third-order valence-electron chi connectivity index (χ3n) is 3.26. The van der Waals surface area contributed by atoms with Gasteiger partial charge in [0.1, 0.15) is 6.04 Å². The average Bonchev–Trinajstić information content (AvgIpc) is 2.53. The lowest BCUT2D eigenvalue weighted by molar-refractivity contribution is -0.142. The van der Waals surface area contributed by atoms with E-state index in [-0.39, 0.29) is 16.3 Å². The molecule has 8 nitrogen and oxygen atoms in total. The zero-order valence-corrected chi connectivity index (χ0v) is 15.2. The number of nitrogens with one attached hydrogen (secondary N) is 3. The fourth-order valence-corrected chi connectivity index (χ4v) is 2.75. The number of guanidine groups is 1. The summed E-state index contributed by atoms with van der Waals surface area (Å²) in [6, 6.07) is 7.41. The van der Waals surface area contributed by atoms with Crippen molar-refractivity contribution in [1.29, 1.82) is 5.41 Å². The molecule has 1 amide bonds. The highest BCUT2D eigenvalue weighted by molar-refractivity contribution is 14.1. The lowest BCUT2D eigenvalue weighted by atomic mass is 10.1. The Morgan fingerprint density at radius 3 is 2.46 bits per heavy atom. The molecule has 0 saturated heterocycles. The van der Waals surface area contributed by atoms with E-state index in [1.807, 2.05) is 52.9 Å². The zero-order valence-electron chi connectivity index (χ0n) is 13.0. The molecule has 1 unspecified atom stereocenters. The molecular weight excluding hydrogens is 425 g/mol. The normalized spacial score (nSPS) is 14.2. The number of halogens is 1. The zero-order chi connectivity index (χ0) is 18.1. The summed E-state index contributed by atoms with van der Waals surface area (Å²) in [6.07, 6.45) is 0.526. The molecule has 0 aromatic heterocycles. The Kier molecular flexibility index (Phi) is 8.47. The van der Waals surface area contributed by atoms with Crippen LogP contribution in [0.1, 0.15) is 12.0 Å². The summed E-state index contributed by atoms with van der Waals surface area (Å²) in [6.45, 7) is 0.339. The van der Waals surface area contributed by atoms with E-state index >= 15 is 0 Å². The monoisotopic (exact) mass is 447 g/mol. The molecular formula is C15H22IN5O3. The van der Waals surface area contributed by atoms with Crippen molar-refractivity contribution in [3.63, 3.8) is 0 Å². The van der Waals surface area contributed by atoms with Crippen molar-refractivity contribution >= 4 is 40.4 Å². The van der Waals surface area contributed by atoms with Crippen LogP contribution in [0.4, 0.5) is 0 Å². The van der Waals surface area contributed by atoms with Crippen LogP contribution in [0.5, 0.6) is 0 Å². The van der Waals surface area contributed by atoms with Gasteiger partial charge in [0.25, 0.3) is 0 Å². The molecule has 132 valence electrons. The molecule has 1 aromatic carbocycles. The van der Waals surface area contributed by atoms with Crippen LogP contribution < -0.4 is 22.1 Å². The Hall–Kier alpha value is -1.88. The van der Waals surface area contributed by atoms with Crippen molar-refractivity contribution in [1.82, 2.24) is 10.6 Å². The smallest absolute Gasteiger partial charge is 0.326 e. The third kappa shape index (κ3) is 7.59.